The summed E-state index contributed by atoms with van der Waals surface area (Å²) in [5, 5.41) is 2.82. The fourth-order valence-electron chi connectivity index (χ4n) is 1.37. The van der Waals surface area contributed by atoms with Crippen LogP contribution < -0.4 is 5.32 Å². The molecule has 0 aliphatic heterocycles. The molecule has 0 saturated carbocycles. The Labute approximate surface area is 96.5 Å². The number of nitrogens with one attached hydrogen (secondary N) is 1. The van der Waals surface area contributed by atoms with Crippen LogP contribution in [0, 0.1) is 0 Å². The second kappa shape index (κ2) is 6.51. The molecule has 0 aliphatic rings. The monoisotopic (exact) mass is 223 g/mol. The van der Waals surface area contributed by atoms with E-state index in [0.717, 1.165) is 18.5 Å². The van der Waals surface area contributed by atoms with Crippen LogP contribution in [0.2, 0.25) is 0 Å². The molecule has 0 aliphatic carbocycles. The van der Waals surface area contributed by atoms with Crippen molar-refractivity contribution in [1.82, 2.24) is 0 Å². The zero-order valence-corrected chi connectivity index (χ0v) is 9.89. The summed E-state index contributed by atoms with van der Waals surface area (Å²) in [6, 6.07) is 8.00. The molecule has 0 unspecified atom stereocenters. The molecule has 1 N–H and O–H groups in total. The first kappa shape index (κ1) is 12.1. The Morgan fingerprint density at radius 1 is 1.33 bits per heavy atom. The van der Waals surface area contributed by atoms with Gasteiger partial charge < -0.3 is 5.32 Å². The second-order valence-electron chi connectivity index (χ2n) is 3.47. The lowest BCUT2D eigenvalue weighted by Gasteiger charge is -2.05. The van der Waals surface area contributed by atoms with E-state index < -0.39 is 0 Å². The molecule has 1 aromatic rings. The van der Waals surface area contributed by atoms with E-state index in [1.165, 1.54) is 5.56 Å². The molecule has 0 bridgehead atoms. The van der Waals surface area contributed by atoms with Crippen LogP contribution in [0.4, 0.5) is 5.69 Å². The minimum atomic E-state index is 0.0215. The van der Waals surface area contributed by atoms with E-state index >= 15 is 0 Å². The number of benzene rings is 1. The smallest absolute Gasteiger partial charge is 0.225 e. The summed E-state index contributed by atoms with van der Waals surface area (Å²) in [5.41, 5.74) is 2.17. The fraction of sp³-hybridized carbons (Fsp3) is 0.417. The van der Waals surface area contributed by atoms with Crippen LogP contribution in [0.15, 0.2) is 24.3 Å². The van der Waals surface area contributed by atoms with Crippen molar-refractivity contribution in [3.63, 3.8) is 0 Å². The van der Waals surface area contributed by atoms with Crippen LogP contribution >= 0.6 is 12.6 Å². The quantitative estimate of drug-likeness (QED) is 0.738. The van der Waals surface area contributed by atoms with Crippen molar-refractivity contribution in [2.24, 2.45) is 0 Å². The molecule has 1 amide bonds. The van der Waals surface area contributed by atoms with Gasteiger partial charge >= 0.3 is 0 Å². The Balaban J connectivity index is 2.52. The van der Waals surface area contributed by atoms with Gasteiger partial charge in [-0.15, -0.1) is 0 Å². The van der Waals surface area contributed by atoms with Crippen LogP contribution in [-0.4, -0.2) is 11.7 Å². The number of hydrogen-bond donors (Lipinski definition) is 2. The zero-order chi connectivity index (χ0) is 11.1. The fourth-order valence-corrected chi connectivity index (χ4v) is 1.57. The van der Waals surface area contributed by atoms with Gasteiger partial charge in [-0.1, -0.05) is 25.5 Å². The number of carbonyl (C=O) groups excluding carboxylic acids is 1. The van der Waals surface area contributed by atoms with Gasteiger partial charge in [-0.05, 0) is 29.9 Å². The zero-order valence-electron chi connectivity index (χ0n) is 8.99. The van der Waals surface area contributed by atoms with Crippen LogP contribution in [0.5, 0.6) is 0 Å². The highest BCUT2D eigenvalue weighted by Gasteiger charge is 2.00. The predicted molar refractivity (Wildman–Crippen MR) is 67.5 cm³/mol. The number of anilines is 1. The maximum Gasteiger partial charge on any atom is 0.225 e. The van der Waals surface area contributed by atoms with Gasteiger partial charge in [-0.3, -0.25) is 4.79 Å². The highest BCUT2D eigenvalue weighted by Crippen LogP contribution is 2.11. The molecular formula is C12H17NOS. The topological polar surface area (TPSA) is 29.1 Å². The summed E-state index contributed by atoms with van der Waals surface area (Å²) < 4.78 is 0. The van der Waals surface area contributed by atoms with E-state index in [2.05, 4.69) is 37.0 Å². The van der Waals surface area contributed by atoms with Crippen molar-refractivity contribution in [3.05, 3.63) is 29.8 Å². The Kier molecular flexibility index (Phi) is 5.26. The Bertz CT molecular complexity index is 308. The molecule has 2 nitrogen and oxygen atoms in total. The van der Waals surface area contributed by atoms with Gasteiger partial charge in [0.05, 0.1) is 0 Å². The average molecular weight is 223 g/mol. The first-order chi connectivity index (χ1) is 7.26. The largest absolute Gasteiger partial charge is 0.326 e. The highest BCUT2D eigenvalue weighted by molar-refractivity contribution is 7.80. The number of amides is 1. The molecule has 0 saturated heterocycles. The average Bonchev–Trinajstić information content (AvgIpc) is 2.22. The van der Waals surface area contributed by atoms with Crippen molar-refractivity contribution >= 4 is 24.2 Å². The van der Waals surface area contributed by atoms with Crippen LogP contribution in [0.25, 0.3) is 0 Å². The van der Waals surface area contributed by atoms with Crippen LogP contribution in [0.3, 0.4) is 0 Å². The van der Waals surface area contributed by atoms with E-state index in [-0.39, 0.29) is 5.91 Å². The maximum atomic E-state index is 11.3. The molecule has 0 fully saturated rings. The van der Waals surface area contributed by atoms with E-state index in [4.69, 9.17) is 0 Å². The number of hydrogen-bond acceptors (Lipinski definition) is 2. The summed E-state index contributed by atoms with van der Waals surface area (Å²) in [5.74, 6) is 0.605. The molecule has 3 heteroatoms. The van der Waals surface area contributed by atoms with Gasteiger partial charge in [-0.2, -0.15) is 12.6 Å². The normalized spacial score (nSPS) is 10.0. The number of rotatable bonds is 5. The molecular weight excluding hydrogens is 206 g/mol. The van der Waals surface area contributed by atoms with Gasteiger partial charge in [-0.25, -0.2) is 0 Å². The highest BCUT2D eigenvalue weighted by atomic mass is 32.1. The first-order valence-corrected chi connectivity index (χ1v) is 5.89. The van der Waals surface area contributed by atoms with Gasteiger partial charge in [0.2, 0.25) is 5.91 Å². The SMILES string of the molecule is CCCc1ccc(NC(=O)CCS)cc1. The third-order valence-electron chi connectivity index (χ3n) is 2.12. The Hall–Kier alpha value is -0.960. The maximum absolute atomic E-state index is 11.3. The lowest BCUT2D eigenvalue weighted by Crippen LogP contribution is -2.11. The van der Waals surface area contributed by atoms with E-state index in [0.29, 0.717) is 12.2 Å². The lowest BCUT2D eigenvalue weighted by atomic mass is 10.1. The Morgan fingerprint density at radius 2 is 2.00 bits per heavy atom. The third kappa shape index (κ3) is 4.38. The standard InChI is InChI=1S/C12H17NOS/c1-2-3-10-4-6-11(7-5-10)13-12(14)8-9-15/h4-7,15H,2-3,8-9H2,1H3,(H,13,14). The van der Waals surface area contributed by atoms with Crippen molar-refractivity contribution in [1.29, 1.82) is 0 Å². The van der Waals surface area contributed by atoms with Gasteiger partial charge in [0.25, 0.3) is 0 Å². The summed E-state index contributed by atoms with van der Waals surface area (Å²) in [7, 11) is 0. The van der Waals surface area contributed by atoms with E-state index in [1.807, 2.05) is 12.1 Å². The van der Waals surface area contributed by atoms with Gasteiger partial charge in [0.15, 0.2) is 0 Å². The molecule has 15 heavy (non-hydrogen) atoms. The molecule has 82 valence electrons. The molecule has 0 atom stereocenters. The van der Waals surface area contributed by atoms with Crippen molar-refractivity contribution < 1.29 is 4.79 Å². The number of carbonyl (C=O) groups is 1. The van der Waals surface area contributed by atoms with Crippen molar-refractivity contribution in [3.8, 4) is 0 Å². The molecule has 0 radical (unpaired) electrons. The van der Waals surface area contributed by atoms with Crippen molar-refractivity contribution in [2.45, 2.75) is 26.2 Å². The van der Waals surface area contributed by atoms with Crippen molar-refractivity contribution in [2.75, 3.05) is 11.1 Å². The van der Waals surface area contributed by atoms with E-state index in [9.17, 15) is 4.79 Å². The van der Waals surface area contributed by atoms with Crippen LogP contribution in [-0.2, 0) is 11.2 Å². The molecule has 0 aromatic heterocycles. The second-order valence-corrected chi connectivity index (χ2v) is 3.92. The summed E-state index contributed by atoms with van der Waals surface area (Å²) >= 11 is 4.01. The summed E-state index contributed by atoms with van der Waals surface area (Å²) in [6.45, 7) is 2.16. The number of aryl methyl sites for hydroxylation is 1. The lowest BCUT2D eigenvalue weighted by molar-refractivity contribution is -0.115. The summed E-state index contributed by atoms with van der Waals surface area (Å²) in [4.78, 5) is 11.3. The molecule has 0 heterocycles. The number of thiol groups is 1. The molecule has 1 aromatic carbocycles. The third-order valence-corrected chi connectivity index (χ3v) is 2.34. The van der Waals surface area contributed by atoms with E-state index in [1.54, 1.807) is 0 Å². The Morgan fingerprint density at radius 3 is 2.53 bits per heavy atom. The predicted octanol–water partition coefficient (Wildman–Crippen LogP) is 2.90. The molecule has 0 spiro atoms. The minimum absolute atomic E-state index is 0.0215. The van der Waals surface area contributed by atoms with Gasteiger partial charge in [0.1, 0.15) is 0 Å². The van der Waals surface area contributed by atoms with Crippen LogP contribution in [0.1, 0.15) is 25.3 Å². The molecule has 1 rings (SSSR count). The minimum Gasteiger partial charge on any atom is -0.326 e. The first-order valence-electron chi connectivity index (χ1n) is 5.26. The summed E-state index contributed by atoms with van der Waals surface area (Å²) in [6.07, 6.45) is 2.69. The van der Waals surface area contributed by atoms with Gasteiger partial charge in [0, 0.05) is 12.1 Å².